The molecular weight excluding hydrogens is 276 g/mol. The van der Waals surface area contributed by atoms with Crippen LogP contribution in [0.1, 0.15) is 28.3 Å². The molecule has 0 bridgehead atoms. The molecule has 1 aliphatic carbocycles. The van der Waals surface area contributed by atoms with Crippen molar-refractivity contribution in [1.82, 2.24) is 9.29 Å². The van der Waals surface area contributed by atoms with Gasteiger partial charge in [0.2, 0.25) is 10.0 Å². The second-order valence-electron chi connectivity index (χ2n) is 4.16. The Morgan fingerprint density at radius 3 is 2.78 bits per heavy atom. The molecule has 0 N–H and O–H groups in total. The number of carbonyl (C=O) groups excluding carboxylic acids is 1. The number of methoxy groups -OCH3 is 1. The summed E-state index contributed by atoms with van der Waals surface area (Å²) in [7, 11) is -1.95. The van der Waals surface area contributed by atoms with Crippen LogP contribution in [0.4, 0.5) is 0 Å². The topological polar surface area (TPSA) is 76.6 Å². The average molecular weight is 290 g/mol. The molecule has 6 nitrogen and oxygen atoms in total. The average Bonchev–Trinajstić information content (AvgIpc) is 3.02. The monoisotopic (exact) mass is 290 g/mol. The van der Waals surface area contributed by atoms with Gasteiger partial charge in [0.15, 0.2) is 5.69 Å². The van der Waals surface area contributed by atoms with Crippen LogP contribution in [0.2, 0.25) is 0 Å². The van der Waals surface area contributed by atoms with E-state index < -0.39 is 16.0 Å². The van der Waals surface area contributed by atoms with Crippen LogP contribution in [-0.4, -0.2) is 43.1 Å². The number of hydrogen-bond acceptors (Lipinski definition) is 6. The Kier molecular flexibility index (Phi) is 3.69. The van der Waals surface area contributed by atoms with E-state index in [0.29, 0.717) is 5.01 Å². The Morgan fingerprint density at radius 2 is 2.28 bits per heavy atom. The predicted molar refractivity (Wildman–Crippen MR) is 66.9 cm³/mol. The number of ether oxygens (including phenoxy) is 1. The summed E-state index contributed by atoms with van der Waals surface area (Å²) in [5.74, 6) is -0.505. The van der Waals surface area contributed by atoms with E-state index in [1.54, 1.807) is 5.38 Å². The van der Waals surface area contributed by atoms with Crippen molar-refractivity contribution >= 4 is 27.3 Å². The van der Waals surface area contributed by atoms with E-state index in [0.717, 1.165) is 12.8 Å². The maximum atomic E-state index is 11.6. The van der Waals surface area contributed by atoms with Gasteiger partial charge in [0.1, 0.15) is 5.01 Å². The van der Waals surface area contributed by atoms with Crippen LogP contribution in [0, 0.1) is 0 Å². The van der Waals surface area contributed by atoms with Crippen LogP contribution in [0.25, 0.3) is 0 Å². The second kappa shape index (κ2) is 4.94. The number of sulfonamides is 1. The van der Waals surface area contributed by atoms with Crippen LogP contribution in [0.5, 0.6) is 0 Å². The molecular formula is C10H14N2O4S2. The molecule has 1 heterocycles. The standard InChI is InChI=1S/C10H14N2O4S2/c1-16-10(13)8-6-17-9(11-8)5-12(7-3-4-7)18(2,14)15/h6-7H,3-5H2,1-2H3. The Morgan fingerprint density at radius 1 is 1.61 bits per heavy atom. The maximum Gasteiger partial charge on any atom is 0.357 e. The lowest BCUT2D eigenvalue weighted by Crippen LogP contribution is -2.31. The number of rotatable bonds is 5. The minimum atomic E-state index is -3.23. The molecule has 0 unspecified atom stereocenters. The second-order valence-corrected chi connectivity index (χ2v) is 7.04. The SMILES string of the molecule is COC(=O)c1csc(CN(C2CC2)S(C)(=O)=O)n1. The molecule has 1 saturated carbocycles. The third kappa shape index (κ3) is 3.06. The van der Waals surface area contributed by atoms with Gasteiger partial charge < -0.3 is 4.74 Å². The van der Waals surface area contributed by atoms with Crippen molar-refractivity contribution in [2.75, 3.05) is 13.4 Å². The van der Waals surface area contributed by atoms with Crippen molar-refractivity contribution in [3.8, 4) is 0 Å². The highest BCUT2D eigenvalue weighted by Crippen LogP contribution is 2.30. The van der Waals surface area contributed by atoms with E-state index in [1.807, 2.05) is 0 Å². The van der Waals surface area contributed by atoms with Gasteiger partial charge in [0, 0.05) is 11.4 Å². The van der Waals surface area contributed by atoms with E-state index in [9.17, 15) is 13.2 Å². The van der Waals surface area contributed by atoms with Crippen molar-refractivity contribution in [2.45, 2.75) is 25.4 Å². The van der Waals surface area contributed by atoms with Crippen LogP contribution in [-0.2, 0) is 21.3 Å². The predicted octanol–water partition coefficient (Wildman–Crippen LogP) is 0.854. The number of hydrogen-bond donors (Lipinski definition) is 0. The normalized spacial score (nSPS) is 15.9. The molecule has 0 radical (unpaired) electrons. The fourth-order valence-electron chi connectivity index (χ4n) is 1.59. The van der Waals surface area contributed by atoms with E-state index in [4.69, 9.17) is 0 Å². The summed E-state index contributed by atoms with van der Waals surface area (Å²) in [6.45, 7) is 0.227. The van der Waals surface area contributed by atoms with Gasteiger partial charge in [0.25, 0.3) is 0 Å². The lowest BCUT2D eigenvalue weighted by Gasteiger charge is -2.17. The summed E-state index contributed by atoms with van der Waals surface area (Å²) < 4.78 is 29.2. The zero-order valence-electron chi connectivity index (χ0n) is 10.1. The van der Waals surface area contributed by atoms with Gasteiger partial charge in [-0.1, -0.05) is 0 Å². The van der Waals surface area contributed by atoms with Crippen molar-refractivity contribution in [2.24, 2.45) is 0 Å². The summed E-state index contributed by atoms with van der Waals surface area (Å²) >= 11 is 1.26. The Hall–Kier alpha value is -0.990. The lowest BCUT2D eigenvalue weighted by atomic mass is 10.5. The summed E-state index contributed by atoms with van der Waals surface area (Å²) in [4.78, 5) is 15.3. The molecule has 18 heavy (non-hydrogen) atoms. The van der Waals surface area contributed by atoms with Gasteiger partial charge in [-0.25, -0.2) is 18.2 Å². The van der Waals surface area contributed by atoms with Gasteiger partial charge in [-0.05, 0) is 12.8 Å². The number of carbonyl (C=O) groups is 1. The smallest absolute Gasteiger partial charge is 0.357 e. The first kappa shape index (κ1) is 13.4. The molecule has 8 heteroatoms. The van der Waals surface area contributed by atoms with Crippen molar-refractivity contribution in [3.63, 3.8) is 0 Å². The quantitative estimate of drug-likeness (QED) is 0.752. The summed E-state index contributed by atoms with van der Waals surface area (Å²) in [6, 6.07) is 0.0884. The Balaban J connectivity index is 2.12. The van der Waals surface area contributed by atoms with Gasteiger partial charge in [-0.2, -0.15) is 4.31 Å². The minimum absolute atomic E-state index is 0.0884. The molecule has 1 aromatic rings. The van der Waals surface area contributed by atoms with Gasteiger partial charge in [-0.15, -0.1) is 11.3 Å². The molecule has 0 amide bonds. The highest BCUT2D eigenvalue weighted by atomic mass is 32.2. The highest BCUT2D eigenvalue weighted by molar-refractivity contribution is 7.88. The molecule has 0 atom stereocenters. The zero-order chi connectivity index (χ0) is 13.3. The number of aromatic nitrogens is 1. The zero-order valence-corrected chi connectivity index (χ0v) is 11.8. The van der Waals surface area contributed by atoms with E-state index in [1.165, 1.54) is 29.0 Å². The third-order valence-corrected chi connectivity index (χ3v) is 4.73. The van der Waals surface area contributed by atoms with Crippen molar-refractivity contribution < 1.29 is 17.9 Å². The summed E-state index contributed by atoms with van der Waals surface area (Å²) in [6.07, 6.45) is 2.98. The van der Waals surface area contributed by atoms with Crippen LogP contribution in [0.3, 0.4) is 0 Å². The highest BCUT2D eigenvalue weighted by Gasteiger charge is 2.35. The first-order valence-electron chi connectivity index (χ1n) is 5.41. The summed E-state index contributed by atoms with van der Waals surface area (Å²) in [5.41, 5.74) is 0.224. The third-order valence-electron chi connectivity index (χ3n) is 2.62. The molecule has 0 saturated heterocycles. The van der Waals surface area contributed by atoms with Crippen molar-refractivity contribution in [3.05, 3.63) is 16.1 Å². The minimum Gasteiger partial charge on any atom is -0.464 e. The number of nitrogens with zero attached hydrogens (tertiary/aromatic N) is 2. The van der Waals surface area contributed by atoms with E-state index >= 15 is 0 Å². The molecule has 0 aromatic carbocycles. The fraction of sp³-hybridized carbons (Fsp3) is 0.600. The van der Waals surface area contributed by atoms with E-state index in [2.05, 4.69) is 9.72 Å². The molecule has 0 spiro atoms. The van der Waals surface area contributed by atoms with Gasteiger partial charge in [0.05, 0.1) is 19.9 Å². The van der Waals surface area contributed by atoms with Crippen LogP contribution < -0.4 is 0 Å². The first-order chi connectivity index (χ1) is 8.41. The molecule has 0 aliphatic heterocycles. The van der Waals surface area contributed by atoms with Gasteiger partial charge >= 0.3 is 5.97 Å². The van der Waals surface area contributed by atoms with Crippen molar-refractivity contribution in [1.29, 1.82) is 0 Å². The Bertz CT molecular complexity index is 548. The maximum absolute atomic E-state index is 11.6. The summed E-state index contributed by atoms with van der Waals surface area (Å²) in [5, 5.41) is 2.18. The molecule has 100 valence electrons. The van der Waals surface area contributed by atoms with Gasteiger partial charge in [-0.3, -0.25) is 0 Å². The largest absolute Gasteiger partial charge is 0.464 e. The lowest BCUT2D eigenvalue weighted by molar-refractivity contribution is 0.0594. The molecule has 1 aliphatic rings. The fourth-order valence-corrected chi connectivity index (χ4v) is 3.55. The number of esters is 1. The van der Waals surface area contributed by atoms with E-state index in [-0.39, 0.29) is 18.3 Å². The van der Waals surface area contributed by atoms with Crippen LogP contribution >= 0.6 is 11.3 Å². The molecule has 2 rings (SSSR count). The first-order valence-corrected chi connectivity index (χ1v) is 8.14. The number of thiazole rings is 1. The Labute approximate surface area is 110 Å². The molecule has 1 fully saturated rings. The van der Waals surface area contributed by atoms with Crippen LogP contribution in [0.15, 0.2) is 5.38 Å². The molecule has 1 aromatic heterocycles.